The largest absolute Gasteiger partial charge is 0.495 e. The molecule has 136 valence electrons. The summed E-state index contributed by atoms with van der Waals surface area (Å²) in [6.07, 6.45) is 1.35. The highest BCUT2D eigenvalue weighted by molar-refractivity contribution is 6.32. The van der Waals surface area contributed by atoms with Gasteiger partial charge in [-0.2, -0.15) is 10.1 Å². The first-order chi connectivity index (χ1) is 12.5. The summed E-state index contributed by atoms with van der Waals surface area (Å²) in [5.74, 6) is 1.13. The second-order valence-electron chi connectivity index (χ2n) is 5.83. The van der Waals surface area contributed by atoms with Gasteiger partial charge in [-0.15, -0.1) is 0 Å². The highest BCUT2D eigenvalue weighted by atomic mass is 35.5. The van der Waals surface area contributed by atoms with Crippen molar-refractivity contribution in [3.05, 3.63) is 41.0 Å². The number of hydrogen-bond donors (Lipinski definition) is 2. The minimum Gasteiger partial charge on any atom is -0.495 e. The van der Waals surface area contributed by atoms with Gasteiger partial charge in [-0.1, -0.05) is 30.6 Å². The van der Waals surface area contributed by atoms with E-state index in [1.54, 1.807) is 18.2 Å². The van der Waals surface area contributed by atoms with Crippen LogP contribution in [0.3, 0.4) is 0 Å². The van der Waals surface area contributed by atoms with E-state index < -0.39 is 6.04 Å². The van der Waals surface area contributed by atoms with Gasteiger partial charge in [0.2, 0.25) is 11.7 Å². The van der Waals surface area contributed by atoms with Gasteiger partial charge < -0.3 is 14.6 Å². The van der Waals surface area contributed by atoms with Crippen LogP contribution in [-0.4, -0.2) is 38.3 Å². The SMILES string of the molecule is COc1ccc(C(=O)N[C@@H](c2nc(-c3ncn[nH]3)no2)C(C)C)cc1Cl. The second-order valence-corrected chi connectivity index (χ2v) is 6.24. The first-order valence-corrected chi connectivity index (χ1v) is 8.21. The van der Waals surface area contributed by atoms with Crippen LogP contribution in [0.4, 0.5) is 0 Å². The van der Waals surface area contributed by atoms with Gasteiger partial charge in [-0.3, -0.25) is 9.89 Å². The van der Waals surface area contributed by atoms with E-state index in [0.29, 0.717) is 22.2 Å². The molecule has 2 aromatic heterocycles. The standard InChI is InChI=1S/C16H17ClN6O3/c1-8(2)12(16-21-14(23-26-16)13-18-7-19-22-13)20-15(24)9-4-5-11(25-3)10(17)6-9/h4-8,12H,1-3H3,(H,20,24)(H,18,19,22)/t12-/m1/s1. The van der Waals surface area contributed by atoms with E-state index in [9.17, 15) is 4.79 Å². The number of nitrogens with zero attached hydrogens (tertiary/aromatic N) is 4. The molecular formula is C16H17ClN6O3. The summed E-state index contributed by atoms with van der Waals surface area (Å²) in [7, 11) is 1.51. The van der Waals surface area contributed by atoms with E-state index in [2.05, 4.69) is 30.6 Å². The molecule has 0 aliphatic carbocycles. The van der Waals surface area contributed by atoms with Crippen molar-refractivity contribution in [2.75, 3.05) is 7.11 Å². The maximum atomic E-state index is 12.6. The molecular weight excluding hydrogens is 360 g/mol. The number of aromatic nitrogens is 5. The highest BCUT2D eigenvalue weighted by Crippen LogP contribution is 2.26. The van der Waals surface area contributed by atoms with Crippen molar-refractivity contribution in [3.8, 4) is 17.4 Å². The quantitative estimate of drug-likeness (QED) is 0.678. The smallest absolute Gasteiger partial charge is 0.251 e. The number of amides is 1. The third-order valence-corrected chi connectivity index (χ3v) is 4.00. The minimum atomic E-state index is -0.479. The van der Waals surface area contributed by atoms with Crippen LogP contribution in [0.5, 0.6) is 5.75 Å². The van der Waals surface area contributed by atoms with E-state index in [0.717, 1.165) is 0 Å². The van der Waals surface area contributed by atoms with Crippen molar-refractivity contribution in [2.24, 2.45) is 5.92 Å². The third kappa shape index (κ3) is 3.67. The van der Waals surface area contributed by atoms with Gasteiger partial charge in [-0.25, -0.2) is 4.98 Å². The third-order valence-electron chi connectivity index (χ3n) is 3.70. The van der Waals surface area contributed by atoms with Crippen molar-refractivity contribution >= 4 is 17.5 Å². The van der Waals surface area contributed by atoms with E-state index in [1.165, 1.54) is 13.4 Å². The predicted molar refractivity (Wildman–Crippen MR) is 92.7 cm³/mol. The molecule has 1 atom stereocenters. The zero-order valence-corrected chi connectivity index (χ0v) is 15.1. The maximum absolute atomic E-state index is 12.6. The normalized spacial score (nSPS) is 12.2. The van der Waals surface area contributed by atoms with Crippen molar-refractivity contribution < 1.29 is 14.1 Å². The average Bonchev–Trinajstić information content (AvgIpc) is 3.30. The fourth-order valence-electron chi connectivity index (χ4n) is 2.32. The molecule has 0 spiro atoms. The molecule has 0 fully saturated rings. The number of hydrogen-bond acceptors (Lipinski definition) is 7. The van der Waals surface area contributed by atoms with E-state index in [1.807, 2.05) is 13.8 Å². The molecule has 1 amide bonds. The van der Waals surface area contributed by atoms with Gasteiger partial charge in [0.25, 0.3) is 5.91 Å². The first kappa shape index (κ1) is 17.9. The van der Waals surface area contributed by atoms with Gasteiger partial charge in [0.05, 0.1) is 12.1 Å². The zero-order chi connectivity index (χ0) is 18.7. The fourth-order valence-corrected chi connectivity index (χ4v) is 2.57. The molecule has 0 radical (unpaired) electrons. The number of ether oxygens (including phenoxy) is 1. The van der Waals surface area contributed by atoms with Crippen molar-refractivity contribution in [3.63, 3.8) is 0 Å². The lowest BCUT2D eigenvalue weighted by Crippen LogP contribution is -2.32. The van der Waals surface area contributed by atoms with Crippen molar-refractivity contribution in [2.45, 2.75) is 19.9 Å². The highest BCUT2D eigenvalue weighted by Gasteiger charge is 2.26. The molecule has 0 saturated heterocycles. The molecule has 0 unspecified atom stereocenters. The van der Waals surface area contributed by atoms with Crippen LogP contribution in [0, 0.1) is 5.92 Å². The van der Waals surface area contributed by atoms with Crippen molar-refractivity contribution in [1.82, 2.24) is 30.6 Å². The van der Waals surface area contributed by atoms with Crippen LogP contribution in [0.2, 0.25) is 5.02 Å². The Hall–Kier alpha value is -2.94. The first-order valence-electron chi connectivity index (χ1n) is 7.83. The monoisotopic (exact) mass is 376 g/mol. The number of methoxy groups -OCH3 is 1. The second kappa shape index (κ2) is 7.52. The van der Waals surface area contributed by atoms with Gasteiger partial charge in [0, 0.05) is 5.56 Å². The zero-order valence-electron chi connectivity index (χ0n) is 14.4. The fraction of sp³-hybridized carbons (Fsp3) is 0.312. The Labute approximate surface area is 154 Å². The van der Waals surface area contributed by atoms with E-state index in [4.69, 9.17) is 20.9 Å². The summed E-state index contributed by atoms with van der Waals surface area (Å²) in [5, 5.41) is 13.5. The molecule has 3 rings (SSSR count). The summed E-state index contributed by atoms with van der Waals surface area (Å²) in [6.45, 7) is 3.87. The van der Waals surface area contributed by atoms with Crippen molar-refractivity contribution in [1.29, 1.82) is 0 Å². The Morgan fingerprint density at radius 3 is 2.81 bits per heavy atom. The molecule has 9 nitrogen and oxygen atoms in total. The lowest BCUT2D eigenvalue weighted by Gasteiger charge is -2.18. The van der Waals surface area contributed by atoms with Crippen LogP contribution < -0.4 is 10.1 Å². The number of benzene rings is 1. The molecule has 10 heteroatoms. The van der Waals surface area contributed by atoms with E-state index >= 15 is 0 Å². The van der Waals surface area contributed by atoms with Crippen LogP contribution in [-0.2, 0) is 0 Å². The molecule has 1 aromatic carbocycles. The Bertz CT molecular complexity index is 893. The van der Waals surface area contributed by atoms with Gasteiger partial charge in [0.15, 0.2) is 5.82 Å². The van der Waals surface area contributed by atoms with Crippen LogP contribution in [0.15, 0.2) is 29.0 Å². The van der Waals surface area contributed by atoms with Gasteiger partial charge in [-0.05, 0) is 24.1 Å². The number of H-pyrrole nitrogens is 1. The molecule has 0 saturated carbocycles. The lowest BCUT2D eigenvalue weighted by molar-refractivity contribution is 0.0914. The summed E-state index contributed by atoms with van der Waals surface area (Å²) >= 11 is 6.09. The van der Waals surface area contributed by atoms with Crippen LogP contribution >= 0.6 is 11.6 Å². The number of nitrogens with one attached hydrogen (secondary N) is 2. The molecule has 0 aliphatic heterocycles. The summed E-state index contributed by atoms with van der Waals surface area (Å²) in [5.41, 5.74) is 0.399. The number of carbonyl (C=O) groups excluding carboxylic acids is 1. The topological polar surface area (TPSA) is 119 Å². The maximum Gasteiger partial charge on any atom is 0.251 e. The Kier molecular flexibility index (Phi) is 5.17. The average molecular weight is 377 g/mol. The molecule has 2 heterocycles. The van der Waals surface area contributed by atoms with E-state index in [-0.39, 0.29) is 23.5 Å². The van der Waals surface area contributed by atoms with Gasteiger partial charge in [0.1, 0.15) is 18.1 Å². The summed E-state index contributed by atoms with van der Waals surface area (Å²) in [6, 6.07) is 4.33. The number of aromatic amines is 1. The molecule has 0 aliphatic rings. The number of carbonyl (C=O) groups is 1. The van der Waals surface area contributed by atoms with Crippen LogP contribution in [0.1, 0.15) is 36.1 Å². The molecule has 2 N–H and O–H groups in total. The Morgan fingerprint density at radius 1 is 1.38 bits per heavy atom. The number of rotatable bonds is 6. The Balaban J connectivity index is 1.80. The molecule has 3 aromatic rings. The molecule has 0 bridgehead atoms. The predicted octanol–water partition coefficient (Wildman–Crippen LogP) is 2.64. The number of halogens is 1. The lowest BCUT2D eigenvalue weighted by atomic mass is 10.0. The summed E-state index contributed by atoms with van der Waals surface area (Å²) < 4.78 is 10.4. The van der Waals surface area contributed by atoms with Crippen LogP contribution in [0.25, 0.3) is 11.6 Å². The van der Waals surface area contributed by atoms with Gasteiger partial charge >= 0.3 is 0 Å². The minimum absolute atomic E-state index is 0.00990. The Morgan fingerprint density at radius 2 is 2.19 bits per heavy atom. The summed E-state index contributed by atoms with van der Waals surface area (Å²) in [4.78, 5) is 20.9. The molecule has 26 heavy (non-hydrogen) atoms.